The topological polar surface area (TPSA) is 41.1 Å². The molecule has 1 aromatic carbocycles. The fraction of sp³-hybridized carbons (Fsp3) is 0.278. The van der Waals surface area contributed by atoms with Gasteiger partial charge >= 0.3 is 0 Å². The first-order valence-corrected chi connectivity index (χ1v) is 7.12. The number of amides is 1. The van der Waals surface area contributed by atoms with Gasteiger partial charge in [-0.15, -0.1) is 0 Å². The molecule has 0 saturated heterocycles. The van der Waals surface area contributed by atoms with Gasteiger partial charge in [-0.25, -0.2) is 0 Å². The van der Waals surface area contributed by atoms with E-state index in [1.54, 1.807) is 6.08 Å². The van der Waals surface area contributed by atoms with Crippen molar-refractivity contribution < 1.29 is 4.79 Å². The molecule has 0 saturated carbocycles. The standard InChI is InChI=1S/C18H24N2O/c1-6-15-9-11-17(12-10-15)20-18(16(7-2)8-3)13(4)19-14(5)21/h6-7,9-12,18,20H,1,4,8H2,2-3,5H3,(H,19,21)/b16-7+. The van der Waals surface area contributed by atoms with Crippen molar-refractivity contribution in [3.05, 3.63) is 60.3 Å². The summed E-state index contributed by atoms with van der Waals surface area (Å²) in [5.41, 5.74) is 3.89. The van der Waals surface area contributed by atoms with Gasteiger partial charge in [-0.05, 0) is 36.6 Å². The molecule has 0 aliphatic carbocycles. The Kier molecular flexibility index (Phi) is 6.47. The highest BCUT2D eigenvalue weighted by Crippen LogP contribution is 2.19. The zero-order valence-electron chi connectivity index (χ0n) is 13.1. The second-order valence-electron chi connectivity index (χ2n) is 4.83. The van der Waals surface area contributed by atoms with Crippen molar-refractivity contribution >= 4 is 17.7 Å². The Hall–Kier alpha value is -2.29. The number of rotatable bonds is 7. The first-order valence-electron chi connectivity index (χ1n) is 7.12. The summed E-state index contributed by atoms with van der Waals surface area (Å²) in [5, 5.41) is 6.20. The van der Waals surface area contributed by atoms with Crippen LogP contribution in [0.4, 0.5) is 5.69 Å². The van der Waals surface area contributed by atoms with Crippen LogP contribution in [0.15, 0.2) is 54.8 Å². The molecule has 0 bridgehead atoms. The third kappa shape index (κ3) is 4.95. The molecular weight excluding hydrogens is 260 g/mol. The molecule has 1 unspecified atom stereocenters. The molecular formula is C18H24N2O. The Bertz CT molecular complexity index is 541. The number of anilines is 1. The van der Waals surface area contributed by atoms with Crippen molar-refractivity contribution in [3.8, 4) is 0 Å². The molecule has 0 aliphatic heterocycles. The molecule has 21 heavy (non-hydrogen) atoms. The molecule has 1 atom stereocenters. The maximum Gasteiger partial charge on any atom is 0.221 e. The van der Waals surface area contributed by atoms with Crippen LogP contribution in [-0.4, -0.2) is 11.9 Å². The molecule has 2 N–H and O–H groups in total. The van der Waals surface area contributed by atoms with Crippen LogP contribution in [0.2, 0.25) is 0 Å². The number of carbonyl (C=O) groups excluding carboxylic acids is 1. The maximum atomic E-state index is 11.3. The van der Waals surface area contributed by atoms with Gasteiger partial charge in [-0.1, -0.05) is 44.4 Å². The molecule has 3 heteroatoms. The molecule has 1 aromatic rings. The van der Waals surface area contributed by atoms with Crippen LogP contribution in [0.25, 0.3) is 6.08 Å². The molecule has 1 amide bonds. The van der Waals surface area contributed by atoms with Gasteiger partial charge in [-0.2, -0.15) is 0 Å². The Morgan fingerprint density at radius 1 is 1.33 bits per heavy atom. The maximum absolute atomic E-state index is 11.3. The summed E-state index contributed by atoms with van der Waals surface area (Å²) in [6.07, 6.45) is 4.75. The van der Waals surface area contributed by atoms with Gasteiger partial charge in [0.2, 0.25) is 5.91 Å². The zero-order chi connectivity index (χ0) is 15.8. The smallest absolute Gasteiger partial charge is 0.221 e. The van der Waals surface area contributed by atoms with Crippen molar-refractivity contribution in [1.29, 1.82) is 0 Å². The highest BCUT2D eigenvalue weighted by molar-refractivity contribution is 5.75. The number of hydrogen-bond donors (Lipinski definition) is 2. The Morgan fingerprint density at radius 3 is 2.38 bits per heavy atom. The predicted octanol–water partition coefficient (Wildman–Crippen LogP) is 4.12. The van der Waals surface area contributed by atoms with E-state index in [4.69, 9.17) is 0 Å². The SMILES string of the molecule is C=Cc1ccc(NC(C(=C)NC(C)=O)/C(=C/C)CC)cc1. The van der Waals surface area contributed by atoms with Crippen LogP contribution in [0.1, 0.15) is 32.8 Å². The Labute approximate surface area is 127 Å². The zero-order valence-corrected chi connectivity index (χ0v) is 13.1. The van der Waals surface area contributed by atoms with E-state index in [9.17, 15) is 4.79 Å². The van der Waals surface area contributed by atoms with Gasteiger partial charge in [0.05, 0.1) is 6.04 Å². The molecule has 1 rings (SSSR count). The average molecular weight is 284 g/mol. The minimum absolute atomic E-state index is 0.111. The van der Waals surface area contributed by atoms with Crippen molar-refractivity contribution in [2.75, 3.05) is 5.32 Å². The minimum Gasteiger partial charge on any atom is -0.373 e. The monoisotopic (exact) mass is 284 g/mol. The van der Waals surface area contributed by atoms with Gasteiger partial charge < -0.3 is 10.6 Å². The van der Waals surface area contributed by atoms with E-state index in [1.807, 2.05) is 31.2 Å². The van der Waals surface area contributed by atoms with Crippen molar-refractivity contribution in [2.24, 2.45) is 0 Å². The average Bonchev–Trinajstić information content (AvgIpc) is 2.47. The van der Waals surface area contributed by atoms with Crippen molar-refractivity contribution in [1.82, 2.24) is 5.32 Å². The van der Waals surface area contributed by atoms with Gasteiger partial charge in [0.25, 0.3) is 0 Å². The number of allylic oxidation sites excluding steroid dienone is 1. The van der Waals surface area contributed by atoms with E-state index >= 15 is 0 Å². The van der Waals surface area contributed by atoms with Crippen LogP contribution in [-0.2, 0) is 4.79 Å². The van der Waals surface area contributed by atoms with E-state index in [0.717, 1.165) is 17.7 Å². The van der Waals surface area contributed by atoms with E-state index < -0.39 is 0 Å². The molecule has 3 nitrogen and oxygen atoms in total. The fourth-order valence-corrected chi connectivity index (χ4v) is 2.16. The number of nitrogens with one attached hydrogen (secondary N) is 2. The van der Waals surface area contributed by atoms with Crippen LogP contribution >= 0.6 is 0 Å². The van der Waals surface area contributed by atoms with Crippen molar-refractivity contribution in [2.45, 2.75) is 33.2 Å². The Morgan fingerprint density at radius 2 is 1.95 bits per heavy atom. The largest absolute Gasteiger partial charge is 0.373 e. The summed E-state index contributed by atoms with van der Waals surface area (Å²) in [6.45, 7) is 13.3. The highest BCUT2D eigenvalue weighted by Gasteiger charge is 2.17. The molecule has 0 spiro atoms. The summed E-state index contributed by atoms with van der Waals surface area (Å²) >= 11 is 0. The summed E-state index contributed by atoms with van der Waals surface area (Å²) in [6, 6.07) is 7.87. The van der Waals surface area contributed by atoms with Crippen LogP contribution in [0.5, 0.6) is 0 Å². The normalized spacial score (nSPS) is 12.4. The molecule has 112 valence electrons. The van der Waals surface area contributed by atoms with E-state index in [0.29, 0.717) is 5.70 Å². The quantitative estimate of drug-likeness (QED) is 0.740. The van der Waals surface area contributed by atoms with Crippen LogP contribution in [0.3, 0.4) is 0 Å². The molecule has 0 aliphatic rings. The predicted molar refractivity (Wildman–Crippen MR) is 90.9 cm³/mol. The summed E-state index contributed by atoms with van der Waals surface area (Å²) < 4.78 is 0. The number of carbonyl (C=O) groups is 1. The summed E-state index contributed by atoms with van der Waals surface area (Å²) in [7, 11) is 0. The lowest BCUT2D eigenvalue weighted by Gasteiger charge is -2.25. The number of hydrogen-bond acceptors (Lipinski definition) is 2. The van der Waals surface area contributed by atoms with E-state index in [2.05, 4.69) is 36.8 Å². The van der Waals surface area contributed by atoms with Gasteiger partial charge in [0, 0.05) is 18.3 Å². The van der Waals surface area contributed by atoms with Crippen LogP contribution in [0, 0.1) is 0 Å². The van der Waals surface area contributed by atoms with Crippen LogP contribution < -0.4 is 10.6 Å². The third-order valence-electron chi connectivity index (χ3n) is 3.29. The second-order valence-corrected chi connectivity index (χ2v) is 4.83. The fourth-order valence-electron chi connectivity index (χ4n) is 2.16. The lowest BCUT2D eigenvalue weighted by Crippen LogP contribution is -2.33. The lowest BCUT2D eigenvalue weighted by molar-refractivity contribution is -0.118. The van der Waals surface area contributed by atoms with Crippen molar-refractivity contribution in [3.63, 3.8) is 0 Å². The Balaban J connectivity index is 2.97. The van der Waals surface area contributed by atoms with Gasteiger partial charge in [-0.3, -0.25) is 4.79 Å². The second kappa shape index (κ2) is 8.10. The van der Waals surface area contributed by atoms with E-state index in [1.165, 1.54) is 12.5 Å². The molecule has 0 radical (unpaired) electrons. The summed E-state index contributed by atoms with van der Waals surface area (Å²) in [5.74, 6) is -0.111. The first-order chi connectivity index (χ1) is 10.0. The molecule has 0 heterocycles. The summed E-state index contributed by atoms with van der Waals surface area (Å²) in [4.78, 5) is 11.3. The third-order valence-corrected chi connectivity index (χ3v) is 3.29. The van der Waals surface area contributed by atoms with Gasteiger partial charge in [0.15, 0.2) is 0 Å². The molecule has 0 fully saturated rings. The highest BCUT2D eigenvalue weighted by atomic mass is 16.1. The molecule has 0 aromatic heterocycles. The lowest BCUT2D eigenvalue weighted by atomic mass is 10.0. The minimum atomic E-state index is -0.113. The first kappa shape index (κ1) is 16.8. The van der Waals surface area contributed by atoms with E-state index in [-0.39, 0.29) is 11.9 Å². The number of benzene rings is 1. The van der Waals surface area contributed by atoms with Gasteiger partial charge in [0.1, 0.15) is 0 Å².